The molecular formula is C19H28F3N5O. The van der Waals surface area contributed by atoms with Crippen LogP contribution in [0.3, 0.4) is 0 Å². The van der Waals surface area contributed by atoms with E-state index in [2.05, 4.69) is 32.3 Å². The second-order valence-electron chi connectivity index (χ2n) is 6.70. The van der Waals surface area contributed by atoms with Crippen LogP contribution < -0.4 is 21.1 Å². The Hall–Kier alpha value is -2.45. The molecule has 4 N–H and O–H groups in total. The van der Waals surface area contributed by atoms with E-state index in [4.69, 9.17) is 5.73 Å². The fourth-order valence-corrected chi connectivity index (χ4v) is 2.88. The number of rotatable bonds is 10. The number of nitrogens with zero attached hydrogens (tertiary/aromatic N) is 2. The monoisotopic (exact) mass is 399 g/mol. The summed E-state index contributed by atoms with van der Waals surface area (Å²) in [6.07, 6.45) is 4.29. The van der Waals surface area contributed by atoms with Crippen molar-refractivity contribution in [1.29, 1.82) is 0 Å². The molecule has 6 nitrogen and oxygen atoms in total. The maximum absolute atomic E-state index is 12.2. The molecule has 9 heteroatoms. The van der Waals surface area contributed by atoms with E-state index in [1.807, 2.05) is 0 Å². The lowest BCUT2D eigenvalue weighted by atomic mass is 10.1. The van der Waals surface area contributed by atoms with Crippen molar-refractivity contribution >= 4 is 17.6 Å². The molecule has 0 aromatic heterocycles. The zero-order chi connectivity index (χ0) is 20.4. The Bertz CT molecular complexity index is 659. The first-order valence-corrected chi connectivity index (χ1v) is 9.66. The van der Waals surface area contributed by atoms with Gasteiger partial charge >= 0.3 is 6.36 Å². The van der Waals surface area contributed by atoms with E-state index in [1.54, 1.807) is 0 Å². The number of anilines is 1. The van der Waals surface area contributed by atoms with Crippen LogP contribution in [0.4, 0.5) is 18.9 Å². The van der Waals surface area contributed by atoms with Gasteiger partial charge in [0.2, 0.25) is 5.96 Å². The second kappa shape index (κ2) is 10.8. The van der Waals surface area contributed by atoms with E-state index in [0.29, 0.717) is 11.6 Å². The highest BCUT2D eigenvalue weighted by molar-refractivity contribution is 6.05. The lowest BCUT2D eigenvalue weighted by molar-refractivity contribution is -0.274. The minimum Gasteiger partial charge on any atom is -0.406 e. The first-order valence-electron chi connectivity index (χ1n) is 9.66. The summed E-state index contributed by atoms with van der Waals surface area (Å²) in [4.78, 5) is 8.76. The molecule has 2 rings (SSSR count). The van der Waals surface area contributed by atoms with Crippen molar-refractivity contribution in [1.82, 2.24) is 5.32 Å². The topological polar surface area (TPSA) is 84.0 Å². The van der Waals surface area contributed by atoms with Gasteiger partial charge in [-0.2, -0.15) is 0 Å². The average Bonchev–Trinajstić information content (AvgIpc) is 2.61. The summed E-state index contributed by atoms with van der Waals surface area (Å²) in [5.41, 5.74) is 6.38. The molecule has 0 radical (unpaired) electrons. The lowest BCUT2D eigenvalue weighted by Crippen LogP contribution is -2.45. The molecule has 1 aromatic rings. The Balaban J connectivity index is 1.81. The molecule has 0 bridgehead atoms. The summed E-state index contributed by atoms with van der Waals surface area (Å²) < 4.78 is 40.5. The van der Waals surface area contributed by atoms with Gasteiger partial charge in [0, 0.05) is 5.69 Å². The van der Waals surface area contributed by atoms with Crippen LogP contribution in [0.15, 0.2) is 34.3 Å². The van der Waals surface area contributed by atoms with Crippen LogP contribution in [-0.2, 0) is 0 Å². The minimum absolute atomic E-state index is 0.257. The van der Waals surface area contributed by atoms with Crippen LogP contribution in [0, 0.1) is 0 Å². The molecule has 0 amide bonds. The highest BCUT2D eigenvalue weighted by Crippen LogP contribution is 2.24. The number of halogens is 3. The van der Waals surface area contributed by atoms with Crippen molar-refractivity contribution in [3.05, 3.63) is 24.3 Å². The fourth-order valence-electron chi connectivity index (χ4n) is 2.88. The number of guanidine groups is 2. The van der Waals surface area contributed by atoms with E-state index in [1.165, 1.54) is 56.4 Å². The van der Waals surface area contributed by atoms with Crippen molar-refractivity contribution in [2.75, 3.05) is 5.32 Å². The summed E-state index contributed by atoms with van der Waals surface area (Å²) in [5, 5.41) is 5.83. The molecule has 156 valence electrons. The number of ether oxygens (including phenoxy) is 1. The van der Waals surface area contributed by atoms with Crippen molar-refractivity contribution in [3.63, 3.8) is 0 Å². The third-order valence-corrected chi connectivity index (χ3v) is 4.23. The van der Waals surface area contributed by atoms with Gasteiger partial charge in [0.25, 0.3) is 0 Å². The van der Waals surface area contributed by atoms with Crippen molar-refractivity contribution < 1.29 is 17.9 Å². The highest BCUT2D eigenvalue weighted by atomic mass is 19.4. The zero-order valence-electron chi connectivity index (χ0n) is 16.1. The number of aliphatic imine (C=N–C) groups is 2. The third kappa shape index (κ3) is 8.49. The summed E-state index contributed by atoms with van der Waals surface area (Å²) in [6, 6.07) is 5.40. The molecule has 0 aliphatic carbocycles. The molecular weight excluding hydrogens is 371 g/mol. The number of alkyl halides is 3. The second-order valence-corrected chi connectivity index (χ2v) is 6.70. The van der Waals surface area contributed by atoms with Crippen molar-refractivity contribution in [2.24, 2.45) is 15.7 Å². The Labute approximate surface area is 163 Å². The molecule has 28 heavy (non-hydrogen) atoms. The molecule has 0 saturated heterocycles. The number of hydrogen-bond acceptors (Lipinski definition) is 6. The van der Waals surface area contributed by atoms with Crippen LogP contribution in [0.1, 0.15) is 58.3 Å². The Morgan fingerprint density at radius 2 is 1.68 bits per heavy atom. The first-order chi connectivity index (χ1) is 13.4. The Kier molecular flexibility index (Phi) is 8.41. The molecule has 0 saturated carbocycles. The third-order valence-electron chi connectivity index (χ3n) is 4.23. The highest BCUT2D eigenvalue weighted by Gasteiger charge is 2.31. The van der Waals surface area contributed by atoms with E-state index in [9.17, 15) is 13.2 Å². The quantitative estimate of drug-likeness (QED) is 0.496. The van der Waals surface area contributed by atoms with Gasteiger partial charge in [-0.25, -0.2) is 9.98 Å². The van der Waals surface area contributed by atoms with Gasteiger partial charge in [-0.1, -0.05) is 45.4 Å². The number of nitrogens with two attached hydrogens (primary N) is 1. The van der Waals surface area contributed by atoms with E-state index < -0.39 is 6.36 Å². The summed E-state index contributed by atoms with van der Waals surface area (Å²) in [6.45, 7) is 2.20. The maximum Gasteiger partial charge on any atom is 0.573 e. The molecule has 1 aromatic carbocycles. The summed E-state index contributed by atoms with van der Waals surface area (Å²) >= 11 is 0. The maximum atomic E-state index is 12.2. The average molecular weight is 399 g/mol. The van der Waals surface area contributed by atoms with Gasteiger partial charge in [-0.05, 0) is 37.1 Å². The molecule has 0 spiro atoms. The van der Waals surface area contributed by atoms with Gasteiger partial charge in [-0.3, -0.25) is 5.32 Å². The molecule has 0 fully saturated rings. The normalized spacial score (nSPS) is 16.8. The Morgan fingerprint density at radius 1 is 1.04 bits per heavy atom. The molecule has 1 unspecified atom stereocenters. The summed E-state index contributed by atoms with van der Waals surface area (Å²) in [5.74, 6) is 0.405. The molecule has 1 aliphatic rings. The smallest absolute Gasteiger partial charge is 0.406 e. The standard InChI is InChI=1S/C19H28F3N5O/c1-2-3-4-5-6-7-8-9-16-25-17(23)27-18(26-16)24-14-10-12-15(13-11-14)28-19(20,21)22/h10-13,16H,2-9H2,1H3,(H4,23,24,25,26,27). The number of nitrogens with one attached hydrogen (secondary N) is 2. The Morgan fingerprint density at radius 3 is 2.32 bits per heavy atom. The van der Waals surface area contributed by atoms with Crippen LogP contribution >= 0.6 is 0 Å². The minimum atomic E-state index is -4.71. The van der Waals surface area contributed by atoms with Crippen LogP contribution in [-0.4, -0.2) is 24.4 Å². The predicted molar refractivity (Wildman–Crippen MR) is 105 cm³/mol. The molecule has 1 atom stereocenters. The van der Waals surface area contributed by atoms with Gasteiger partial charge in [-0.15, -0.1) is 13.2 Å². The number of hydrogen-bond donors (Lipinski definition) is 3. The predicted octanol–water partition coefficient (Wildman–Crippen LogP) is 4.74. The van der Waals surface area contributed by atoms with Gasteiger partial charge < -0.3 is 15.8 Å². The van der Waals surface area contributed by atoms with Gasteiger partial charge in [0.1, 0.15) is 11.9 Å². The van der Waals surface area contributed by atoms with Crippen LogP contribution in [0.2, 0.25) is 0 Å². The van der Waals surface area contributed by atoms with Crippen molar-refractivity contribution in [2.45, 2.75) is 70.8 Å². The van der Waals surface area contributed by atoms with E-state index in [-0.39, 0.29) is 17.9 Å². The van der Waals surface area contributed by atoms with E-state index in [0.717, 1.165) is 19.3 Å². The largest absolute Gasteiger partial charge is 0.573 e. The summed E-state index contributed by atoms with van der Waals surface area (Å²) in [7, 11) is 0. The fraction of sp³-hybridized carbons (Fsp3) is 0.579. The molecule has 1 heterocycles. The number of benzene rings is 1. The van der Waals surface area contributed by atoms with Crippen LogP contribution in [0.25, 0.3) is 0 Å². The zero-order valence-corrected chi connectivity index (χ0v) is 16.1. The van der Waals surface area contributed by atoms with Crippen LogP contribution in [0.5, 0.6) is 5.75 Å². The SMILES string of the molecule is CCCCCCCCCC1N=C(N)NC(Nc2ccc(OC(F)(F)F)cc2)=N1. The van der Waals surface area contributed by atoms with E-state index >= 15 is 0 Å². The first kappa shape index (κ1) is 21.8. The van der Waals surface area contributed by atoms with Gasteiger partial charge in [0.05, 0.1) is 0 Å². The lowest BCUT2D eigenvalue weighted by Gasteiger charge is -2.20. The number of unbranched alkanes of at least 4 members (excludes halogenated alkanes) is 6. The molecule has 1 aliphatic heterocycles. The van der Waals surface area contributed by atoms with Gasteiger partial charge in [0.15, 0.2) is 5.96 Å². The van der Waals surface area contributed by atoms with Crippen molar-refractivity contribution in [3.8, 4) is 5.75 Å².